The molecule has 2 aromatic carbocycles. The number of hydrogen-bond donors (Lipinski definition) is 1. The SMILES string of the molecule is O=C(C1CC1)N1CCN([14C](=O)c2cc(Cc3n[nH]c(=O)c4ccccc34)ccc2F)CC1. The number of benzene rings is 2. The molecule has 8 heteroatoms. The molecular weight excluding hydrogens is 413 g/mol. The lowest BCUT2D eigenvalue weighted by molar-refractivity contribution is -0.134. The van der Waals surface area contributed by atoms with Gasteiger partial charge in [0.15, 0.2) is 0 Å². The van der Waals surface area contributed by atoms with Crippen molar-refractivity contribution in [3.05, 3.63) is 75.5 Å². The fraction of sp³-hybridized carbons (Fsp3) is 0.333. The molecule has 2 aliphatic rings. The molecule has 5 rings (SSSR count). The zero-order valence-electron chi connectivity index (χ0n) is 17.5. The van der Waals surface area contributed by atoms with E-state index in [2.05, 4.69) is 10.2 Å². The number of rotatable bonds is 4. The number of aromatic amines is 1. The van der Waals surface area contributed by atoms with Gasteiger partial charge in [0, 0.05) is 43.9 Å². The molecule has 1 saturated carbocycles. The molecule has 0 spiro atoms. The molecule has 0 atom stereocenters. The van der Waals surface area contributed by atoms with E-state index in [1.807, 2.05) is 12.1 Å². The average Bonchev–Trinajstić information content (AvgIpc) is 3.67. The molecule has 3 aromatic rings. The van der Waals surface area contributed by atoms with Crippen molar-refractivity contribution >= 4 is 22.6 Å². The number of amides is 2. The predicted molar refractivity (Wildman–Crippen MR) is 117 cm³/mol. The Morgan fingerprint density at radius 2 is 1.81 bits per heavy atom. The van der Waals surface area contributed by atoms with E-state index in [0.29, 0.717) is 43.7 Å². The van der Waals surface area contributed by atoms with E-state index in [4.69, 9.17) is 0 Å². The van der Waals surface area contributed by atoms with Crippen molar-refractivity contribution in [2.24, 2.45) is 5.92 Å². The maximum absolute atomic E-state index is 14.6. The van der Waals surface area contributed by atoms with Crippen LogP contribution in [0.2, 0.25) is 0 Å². The summed E-state index contributed by atoms with van der Waals surface area (Å²) in [7, 11) is 0. The highest BCUT2D eigenvalue weighted by Gasteiger charge is 2.35. The third-order valence-electron chi connectivity index (χ3n) is 6.21. The second-order valence-electron chi connectivity index (χ2n) is 8.43. The van der Waals surface area contributed by atoms with Gasteiger partial charge in [-0.25, -0.2) is 9.49 Å². The Hall–Kier alpha value is -3.55. The maximum atomic E-state index is 14.6. The molecule has 1 aliphatic heterocycles. The van der Waals surface area contributed by atoms with Crippen LogP contribution in [0, 0.1) is 11.7 Å². The van der Waals surface area contributed by atoms with Gasteiger partial charge >= 0.3 is 0 Å². The molecule has 164 valence electrons. The van der Waals surface area contributed by atoms with E-state index in [0.717, 1.165) is 23.8 Å². The van der Waals surface area contributed by atoms with E-state index in [-0.39, 0.29) is 28.9 Å². The number of halogens is 1. The smallest absolute Gasteiger partial charge is 0.272 e. The zero-order valence-corrected chi connectivity index (χ0v) is 17.5. The lowest BCUT2D eigenvalue weighted by atomic mass is 10.0. The molecule has 7 nitrogen and oxygen atoms in total. The molecule has 0 unspecified atom stereocenters. The monoisotopic (exact) mass is 436 g/mol. The third-order valence-corrected chi connectivity index (χ3v) is 6.21. The Balaban J connectivity index is 1.34. The molecule has 1 saturated heterocycles. The van der Waals surface area contributed by atoms with Crippen LogP contribution in [0.1, 0.15) is 34.5 Å². The summed E-state index contributed by atoms with van der Waals surface area (Å²) in [5, 5.41) is 7.93. The molecule has 1 aromatic heterocycles. The standard InChI is InChI=1S/C24H23FN4O3/c25-20-8-5-15(14-21-17-3-1-2-4-18(17)22(30)27-26-21)13-19(20)24(32)29-11-9-28(10-12-29)23(31)16-6-7-16/h1-5,8,13,16H,6-7,9-12,14H2,(H,27,30)/i24+2. The molecule has 0 bridgehead atoms. The summed E-state index contributed by atoms with van der Waals surface area (Å²) in [6.45, 7) is 1.76. The highest BCUT2D eigenvalue weighted by atomic mass is 19.1. The van der Waals surface area contributed by atoms with E-state index >= 15 is 0 Å². The number of piperazine rings is 1. The van der Waals surface area contributed by atoms with Gasteiger partial charge in [-0.1, -0.05) is 24.3 Å². The number of hydrogen-bond acceptors (Lipinski definition) is 4. The fourth-order valence-corrected chi connectivity index (χ4v) is 4.23. The van der Waals surface area contributed by atoms with Crippen LogP contribution in [0.15, 0.2) is 47.3 Å². The van der Waals surface area contributed by atoms with Gasteiger partial charge in [0.1, 0.15) is 5.82 Å². The molecule has 32 heavy (non-hydrogen) atoms. The van der Waals surface area contributed by atoms with Crippen LogP contribution in [-0.2, 0) is 11.2 Å². The fourth-order valence-electron chi connectivity index (χ4n) is 4.23. The number of nitrogens with zero attached hydrogens (tertiary/aromatic N) is 3. The van der Waals surface area contributed by atoms with Crippen LogP contribution in [-0.4, -0.2) is 58.0 Å². The second-order valence-corrected chi connectivity index (χ2v) is 8.43. The van der Waals surface area contributed by atoms with Gasteiger partial charge in [0.05, 0.1) is 16.6 Å². The van der Waals surface area contributed by atoms with Crippen LogP contribution >= 0.6 is 0 Å². The zero-order chi connectivity index (χ0) is 22.2. The van der Waals surface area contributed by atoms with Crippen molar-refractivity contribution in [3.8, 4) is 0 Å². The van der Waals surface area contributed by atoms with Crippen LogP contribution in [0.25, 0.3) is 10.8 Å². The Morgan fingerprint density at radius 3 is 2.53 bits per heavy atom. The summed E-state index contributed by atoms with van der Waals surface area (Å²) in [4.78, 5) is 40.7. The average molecular weight is 436 g/mol. The Kier molecular flexibility index (Phi) is 5.20. The van der Waals surface area contributed by atoms with Crippen molar-refractivity contribution in [1.82, 2.24) is 20.0 Å². The van der Waals surface area contributed by atoms with Crippen molar-refractivity contribution < 1.29 is 14.0 Å². The predicted octanol–water partition coefficient (Wildman–Crippen LogP) is 2.35. The van der Waals surface area contributed by atoms with Crippen molar-refractivity contribution in [2.75, 3.05) is 26.2 Å². The minimum absolute atomic E-state index is 0.0122. The first kappa shape index (κ1) is 20.4. The van der Waals surface area contributed by atoms with Gasteiger partial charge in [0.25, 0.3) is 11.5 Å². The topological polar surface area (TPSA) is 86.4 Å². The van der Waals surface area contributed by atoms with E-state index in [9.17, 15) is 18.8 Å². The van der Waals surface area contributed by atoms with E-state index in [1.165, 1.54) is 6.07 Å². The van der Waals surface area contributed by atoms with Crippen LogP contribution < -0.4 is 5.56 Å². The summed E-state index contributed by atoms with van der Waals surface area (Å²) >= 11 is 0. The van der Waals surface area contributed by atoms with Gasteiger partial charge < -0.3 is 9.80 Å². The minimum Gasteiger partial charge on any atom is -0.339 e. The highest BCUT2D eigenvalue weighted by molar-refractivity contribution is 5.95. The van der Waals surface area contributed by atoms with E-state index < -0.39 is 5.82 Å². The van der Waals surface area contributed by atoms with Crippen LogP contribution in [0.3, 0.4) is 0 Å². The van der Waals surface area contributed by atoms with Crippen LogP contribution in [0.5, 0.6) is 0 Å². The molecule has 2 fully saturated rings. The molecule has 1 N–H and O–H groups in total. The molecular formula is C24H23FN4O3. The first-order valence-corrected chi connectivity index (χ1v) is 10.8. The Bertz CT molecular complexity index is 1260. The molecule has 0 radical (unpaired) electrons. The number of aromatic nitrogens is 2. The van der Waals surface area contributed by atoms with Gasteiger partial charge in [-0.3, -0.25) is 14.4 Å². The largest absolute Gasteiger partial charge is 0.339 e. The normalized spacial score (nSPS) is 16.4. The third kappa shape index (κ3) is 3.88. The summed E-state index contributed by atoms with van der Waals surface area (Å²) in [6.07, 6.45) is 2.26. The first-order valence-electron chi connectivity index (χ1n) is 10.8. The maximum Gasteiger partial charge on any atom is 0.272 e. The second kappa shape index (κ2) is 8.18. The summed E-state index contributed by atoms with van der Waals surface area (Å²) in [6, 6.07) is 11.6. The molecule has 2 heterocycles. The lowest BCUT2D eigenvalue weighted by Crippen LogP contribution is -2.51. The number of H-pyrrole nitrogens is 1. The number of fused-ring (bicyclic) bond motifs is 1. The lowest BCUT2D eigenvalue weighted by Gasteiger charge is -2.35. The highest BCUT2D eigenvalue weighted by Crippen LogP contribution is 2.31. The van der Waals surface area contributed by atoms with Crippen molar-refractivity contribution in [3.63, 3.8) is 0 Å². The molecule has 2 amide bonds. The number of nitrogens with one attached hydrogen (secondary N) is 1. The van der Waals surface area contributed by atoms with Gasteiger partial charge in [-0.2, -0.15) is 5.10 Å². The van der Waals surface area contributed by atoms with Gasteiger partial charge in [0.2, 0.25) is 5.91 Å². The summed E-state index contributed by atoms with van der Waals surface area (Å²) < 4.78 is 14.6. The van der Waals surface area contributed by atoms with Crippen molar-refractivity contribution in [1.29, 1.82) is 0 Å². The van der Waals surface area contributed by atoms with Gasteiger partial charge in [-0.15, -0.1) is 0 Å². The Morgan fingerprint density at radius 1 is 1.09 bits per heavy atom. The number of carbonyl (C=O) groups is 2. The van der Waals surface area contributed by atoms with Crippen LogP contribution in [0.4, 0.5) is 4.39 Å². The number of carbonyl (C=O) groups excluding carboxylic acids is 2. The minimum atomic E-state index is -0.575. The summed E-state index contributed by atoms with van der Waals surface area (Å²) in [5.74, 6) is -0.619. The first-order chi connectivity index (χ1) is 15.5. The quantitative estimate of drug-likeness (QED) is 0.680. The summed E-state index contributed by atoms with van der Waals surface area (Å²) in [5.41, 5.74) is 1.12. The molecule has 1 aliphatic carbocycles. The Labute approximate surface area is 183 Å². The van der Waals surface area contributed by atoms with Gasteiger partial charge in [-0.05, 0) is 36.6 Å². The van der Waals surface area contributed by atoms with Crippen molar-refractivity contribution in [2.45, 2.75) is 19.3 Å². The van der Waals surface area contributed by atoms with E-state index in [1.54, 1.807) is 34.1 Å².